The van der Waals surface area contributed by atoms with E-state index >= 15 is 0 Å². The summed E-state index contributed by atoms with van der Waals surface area (Å²) in [6.07, 6.45) is -12.2. The molecule has 0 aromatic heterocycles. The van der Waals surface area contributed by atoms with Crippen molar-refractivity contribution in [1.29, 1.82) is 0 Å². The van der Waals surface area contributed by atoms with Gasteiger partial charge in [0.2, 0.25) is 0 Å². The number of nitrogens with one attached hydrogen (secondary N) is 1. The Morgan fingerprint density at radius 1 is 0.647 bits per heavy atom. The van der Waals surface area contributed by atoms with E-state index in [1.54, 1.807) is 0 Å². The van der Waals surface area contributed by atoms with Gasteiger partial charge < -0.3 is 15.5 Å². The molecule has 0 aliphatic heterocycles. The topological polar surface area (TPSA) is 69.6 Å². The second-order valence-corrected chi connectivity index (χ2v) is 6.55. The molecule has 0 aromatic rings. The highest BCUT2D eigenvalue weighted by molar-refractivity contribution is 5.72. The van der Waals surface area contributed by atoms with Crippen molar-refractivity contribution in [3.05, 3.63) is 0 Å². The molecule has 0 heterocycles. The third kappa shape index (κ3) is 4.43. The zero-order chi connectivity index (χ0) is 28.1. The van der Waals surface area contributed by atoms with Crippen LogP contribution in [0, 0.1) is 0 Å². The summed E-state index contributed by atoms with van der Waals surface area (Å²) in [5.74, 6) is -59.9. The Balaban J connectivity index is 6.52. The minimum Gasteiger partial charge on any atom is -0.480 e. The van der Waals surface area contributed by atoms with Gasteiger partial charge in [-0.2, -0.15) is 74.6 Å². The second kappa shape index (κ2) is 8.70. The van der Waals surface area contributed by atoms with Crippen LogP contribution in [-0.4, -0.2) is 82.5 Å². The number of hydrogen-bond acceptors (Lipinski definition) is 3. The van der Waals surface area contributed by atoms with Crippen molar-refractivity contribution in [3.8, 4) is 0 Å². The van der Waals surface area contributed by atoms with Gasteiger partial charge in [-0.1, -0.05) is 0 Å². The Labute approximate surface area is 175 Å². The second-order valence-electron chi connectivity index (χ2n) is 6.55. The van der Waals surface area contributed by atoms with E-state index < -0.39 is 72.3 Å². The Bertz CT molecular complexity index is 747. The van der Waals surface area contributed by atoms with E-state index in [2.05, 4.69) is 0 Å². The fourth-order valence-corrected chi connectivity index (χ4v) is 1.89. The summed E-state index contributed by atoms with van der Waals surface area (Å²) in [4.78, 5) is 10.4. The summed E-state index contributed by atoms with van der Waals surface area (Å²) in [6.45, 7) is -1.60. The first kappa shape index (κ1) is 32.2. The fourth-order valence-electron chi connectivity index (χ4n) is 1.89. The molecule has 21 heteroatoms. The van der Waals surface area contributed by atoms with Gasteiger partial charge in [-0.05, 0) is 6.92 Å². The summed E-state index contributed by atoms with van der Waals surface area (Å²) < 4.78 is 222. The fraction of sp³-hybridized carbons (Fsp3) is 0.923. The molecular weight excluding hydrogens is 541 g/mol. The van der Waals surface area contributed by atoms with Crippen LogP contribution in [0.15, 0.2) is 0 Å². The van der Waals surface area contributed by atoms with E-state index in [9.17, 15) is 79.4 Å². The first-order valence-electron chi connectivity index (χ1n) is 7.85. The third-order valence-electron chi connectivity index (χ3n) is 4.15. The van der Waals surface area contributed by atoms with Crippen LogP contribution in [0.3, 0.4) is 0 Å². The van der Waals surface area contributed by atoms with Gasteiger partial charge in [0.25, 0.3) is 0 Å². The minimum absolute atomic E-state index is 0.567. The number of carboxylic acid groups (broad SMARTS) is 1. The quantitative estimate of drug-likeness (QED) is 0.333. The predicted octanol–water partition coefficient (Wildman–Crippen LogP) is 4.42. The number of hydrogen-bond donors (Lipinski definition) is 3. The minimum atomic E-state index is -8.76. The number of aliphatic hydroxyl groups is 1. The average molecular weight is 551 g/mol. The Hall–Kier alpha value is -1.80. The number of alkyl halides is 17. The van der Waals surface area contributed by atoms with E-state index in [1.165, 1.54) is 5.32 Å². The molecule has 2 atom stereocenters. The van der Waals surface area contributed by atoms with Crippen molar-refractivity contribution in [2.45, 2.75) is 66.7 Å². The van der Waals surface area contributed by atoms with Crippen molar-refractivity contribution < 1.29 is 89.6 Å². The number of halogens is 17. The van der Waals surface area contributed by atoms with E-state index in [-0.39, 0.29) is 0 Å². The Morgan fingerprint density at radius 3 is 1.24 bits per heavy atom. The Morgan fingerprint density at radius 2 is 0.941 bits per heavy atom. The van der Waals surface area contributed by atoms with Gasteiger partial charge in [0.05, 0.1) is 0 Å². The monoisotopic (exact) mass is 551 g/mol. The maximum Gasteiger partial charge on any atom is 0.460 e. The van der Waals surface area contributed by atoms with Gasteiger partial charge in [0.1, 0.15) is 12.1 Å². The summed E-state index contributed by atoms with van der Waals surface area (Å²) in [6, 6.07) is -2.02. The molecule has 0 rings (SSSR count). The number of carbonyl (C=O) groups is 1. The van der Waals surface area contributed by atoms with Crippen molar-refractivity contribution in [3.63, 3.8) is 0 Å². The van der Waals surface area contributed by atoms with Gasteiger partial charge in [-0.15, -0.1) is 0 Å². The molecule has 204 valence electrons. The highest BCUT2D eigenvalue weighted by atomic mass is 19.4. The molecule has 0 fully saturated rings. The first-order chi connectivity index (χ1) is 14.5. The van der Waals surface area contributed by atoms with Crippen LogP contribution in [0.1, 0.15) is 6.92 Å². The van der Waals surface area contributed by atoms with E-state index in [4.69, 9.17) is 10.2 Å². The Kier molecular flexibility index (Phi) is 8.24. The molecule has 4 nitrogen and oxygen atoms in total. The van der Waals surface area contributed by atoms with Crippen LogP contribution in [0.25, 0.3) is 0 Å². The van der Waals surface area contributed by atoms with Crippen molar-refractivity contribution >= 4 is 5.97 Å². The first-order valence-corrected chi connectivity index (χ1v) is 7.85. The summed E-state index contributed by atoms with van der Waals surface area (Å²) in [5.41, 5.74) is 0. The van der Waals surface area contributed by atoms with Crippen LogP contribution in [0.4, 0.5) is 74.6 Å². The van der Waals surface area contributed by atoms with Crippen LogP contribution in [0.5, 0.6) is 0 Å². The lowest BCUT2D eigenvalue weighted by atomic mass is 9.87. The highest BCUT2D eigenvalue weighted by Gasteiger charge is 2.95. The standard InChI is InChI=1S/C13H10F17NO3/c1-3(5(33)34)31-2-4(32)6(14,15)7(16,17)8(18,19)9(20,21)10(22,23)11(24,25)12(26,27)13(28,29)30/h3-4,31-32H,2H2,1H3,(H,33,34)/t3-,4+/m0/s1. The number of aliphatic carboxylic acids is 1. The molecule has 3 N–H and O–H groups in total. The average Bonchev–Trinajstić information content (AvgIpc) is 2.63. The van der Waals surface area contributed by atoms with Gasteiger partial charge in [-0.25, -0.2) is 0 Å². The summed E-state index contributed by atoms with van der Waals surface area (Å²) >= 11 is 0. The highest BCUT2D eigenvalue weighted by Crippen LogP contribution is 2.64. The molecule has 0 spiro atoms. The molecule has 0 saturated heterocycles. The van der Waals surface area contributed by atoms with Crippen molar-refractivity contribution in [2.24, 2.45) is 0 Å². The van der Waals surface area contributed by atoms with Crippen molar-refractivity contribution in [1.82, 2.24) is 5.32 Å². The molecule has 0 radical (unpaired) electrons. The van der Waals surface area contributed by atoms with E-state index in [1.807, 2.05) is 0 Å². The zero-order valence-electron chi connectivity index (χ0n) is 15.6. The molecule has 0 amide bonds. The summed E-state index contributed by atoms with van der Waals surface area (Å²) in [7, 11) is 0. The molecule has 0 aromatic carbocycles. The molecular formula is C13H10F17NO3. The maximum atomic E-state index is 13.6. The largest absolute Gasteiger partial charge is 0.480 e. The van der Waals surface area contributed by atoms with Gasteiger partial charge in [-0.3, -0.25) is 4.79 Å². The molecule has 34 heavy (non-hydrogen) atoms. The molecule has 0 aliphatic carbocycles. The van der Waals surface area contributed by atoms with Crippen LogP contribution in [0.2, 0.25) is 0 Å². The molecule has 0 aliphatic rings. The summed E-state index contributed by atoms with van der Waals surface area (Å²) in [5, 5.41) is 18.5. The lowest BCUT2D eigenvalue weighted by Gasteiger charge is -2.43. The SMILES string of the molecule is C[C@H](NC[C@@H](O)C(F)(F)C(F)(F)C(F)(F)C(F)(F)C(F)(F)C(F)(F)C(F)(F)C(F)(F)F)C(=O)O. The van der Waals surface area contributed by atoms with E-state index in [0.717, 1.165) is 0 Å². The smallest absolute Gasteiger partial charge is 0.460 e. The number of aliphatic hydroxyl groups excluding tert-OH is 1. The predicted molar refractivity (Wildman–Crippen MR) is 71.8 cm³/mol. The van der Waals surface area contributed by atoms with Gasteiger partial charge in [0.15, 0.2) is 0 Å². The number of carboxylic acids is 1. The maximum absolute atomic E-state index is 13.6. The van der Waals surface area contributed by atoms with E-state index in [0.29, 0.717) is 6.92 Å². The van der Waals surface area contributed by atoms with Crippen LogP contribution in [-0.2, 0) is 4.79 Å². The number of rotatable bonds is 11. The van der Waals surface area contributed by atoms with Gasteiger partial charge >= 0.3 is 53.6 Å². The normalized spacial score (nSPS) is 17.5. The van der Waals surface area contributed by atoms with Crippen LogP contribution < -0.4 is 5.32 Å². The molecule has 0 bridgehead atoms. The molecule has 0 unspecified atom stereocenters. The third-order valence-corrected chi connectivity index (χ3v) is 4.15. The molecule has 0 saturated carbocycles. The van der Waals surface area contributed by atoms with Gasteiger partial charge in [0, 0.05) is 6.54 Å². The van der Waals surface area contributed by atoms with Crippen molar-refractivity contribution in [2.75, 3.05) is 6.54 Å². The zero-order valence-corrected chi connectivity index (χ0v) is 15.6. The van der Waals surface area contributed by atoms with Crippen LogP contribution >= 0.6 is 0 Å². The lowest BCUT2D eigenvalue weighted by Crippen LogP contribution is -2.75. The lowest BCUT2D eigenvalue weighted by molar-refractivity contribution is -0.464.